The van der Waals surface area contributed by atoms with Gasteiger partial charge >= 0.3 is 12.1 Å². The molecule has 14 heteroatoms. The number of benzene rings is 2. The third kappa shape index (κ3) is 7.84. The van der Waals surface area contributed by atoms with E-state index in [1.54, 1.807) is 42.7 Å². The third-order valence-electron chi connectivity index (χ3n) is 8.61. The van der Waals surface area contributed by atoms with Gasteiger partial charge in [0.25, 0.3) is 0 Å². The Balaban J connectivity index is 0.00000451. The molecule has 2 bridgehead atoms. The number of ether oxygens (including phenoxy) is 4. The van der Waals surface area contributed by atoms with Gasteiger partial charge in [-0.15, -0.1) is 0 Å². The largest absolute Gasteiger partial charge is 0.870 e. The van der Waals surface area contributed by atoms with Crippen LogP contribution < -0.4 is 19.4 Å². The maximum absolute atomic E-state index is 13.5. The molecule has 3 saturated heterocycles. The number of pyridine rings is 1. The number of H-pyrrole nitrogens is 1. The highest BCUT2D eigenvalue weighted by atomic mass is 35.5. The van der Waals surface area contributed by atoms with Crippen molar-refractivity contribution in [1.82, 2.24) is 9.88 Å². The Hall–Kier alpha value is -4.36. The number of methoxy groups -OCH3 is 2. The summed E-state index contributed by atoms with van der Waals surface area (Å²) in [6.07, 6.45) is 5.08. The van der Waals surface area contributed by atoms with Crippen LogP contribution in [0.25, 0.3) is 0 Å². The molecule has 1 amide bonds. The highest BCUT2D eigenvalue weighted by Gasteiger charge is 2.38. The Kier molecular flexibility index (Phi) is 11.4. The lowest BCUT2D eigenvalue weighted by atomic mass is 9.86. The molecule has 0 saturated carbocycles. The van der Waals surface area contributed by atoms with Gasteiger partial charge in [0, 0.05) is 24.2 Å². The van der Waals surface area contributed by atoms with Crippen molar-refractivity contribution >= 4 is 41.0 Å². The number of amides is 1. The summed E-state index contributed by atoms with van der Waals surface area (Å²) in [7, 11) is 3.06. The molecule has 5 heterocycles. The van der Waals surface area contributed by atoms with Crippen LogP contribution in [0.1, 0.15) is 46.5 Å². The first-order valence-electron chi connectivity index (χ1n) is 15.3. The molecule has 0 radical (unpaired) electrons. The molecule has 0 spiro atoms. The van der Waals surface area contributed by atoms with E-state index in [4.69, 9.17) is 46.6 Å². The first-order chi connectivity index (χ1) is 22.8. The lowest BCUT2D eigenvalue weighted by Crippen LogP contribution is -2.53. The smallest absolute Gasteiger partial charge is 0.415 e. The minimum atomic E-state index is -0.836. The van der Waals surface area contributed by atoms with Gasteiger partial charge in [0.2, 0.25) is 5.89 Å². The zero-order chi connectivity index (χ0) is 32.9. The maximum atomic E-state index is 13.5. The van der Waals surface area contributed by atoms with Gasteiger partial charge in [-0.25, -0.2) is 19.6 Å². The zero-order valence-corrected chi connectivity index (χ0v) is 27.9. The minimum Gasteiger partial charge on any atom is -0.870 e. The van der Waals surface area contributed by atoms with Gasteiger partial charge in [0.05, 0.1) is 14.2 Å². The van der Waals surface area contributed by atoms with Crippen molar-refractivity contribution in [3.63, 3.8) is 0 Å². The number of aromatic amines is 1. The van der Waals surface area contributed by atoms with Gasteiger partial charge in [-0.3, -0.25) is 9.80 Å². The van der Waals surface area contributed by atoms with Crippen molar-refractivity contribution in [2.24, 2.45) is 5.92 Å². The molecule has 0 unspecified atom stereocenters. The normalized spacial score (nSPS) is 18.7. The minimum absolute atomic E-state index is 0. The number of esters is 1. The lowest BCUT2D eigenvalue weighted by Gasteiger charge is -2.44. The van der Waals surface area contributed by atoms with E-state index >= 15 is 0 Å². The van der Waals surface area contributed by atoms with E-state index in [-0.39, 0.29) is 36.1 Å². The Morgan fingerprint density at radius 1 is 1.04 bits per heavy atom. The number of nitrogens with one attached hydrogen (secondary N) is 1. The summed E-state index contributed by atoms with van der Waals surface area (Å²) >= 11 is 12.9. The molecule has 0 aliphatic carbocycles. The van der Waals surface area contributed by atoms with Gasteiger partial charge in [0.15, 0.2) is 29.6 Å². The SMILES string of the molecule is COc1ccc([C@H](Cc2c(Cl)c[nH+]cc2Cl)OC(=O)c2coc(CN(C(=O)O[C@H]3CN4CCC3CC4)c3ccccc3)n2)cc1OC.[OH-]. The summed E-state index contributed by atoms with van der Waals surface area (Å²) in [5.41, 5.74) is 1.75. The molecule has 254 valence electrons. The van der Waals surface area contributed by atoms with Crippen LogP contribution in [0.15, 0.2) is 71.6 Å². The van der Waals surface area contributed by atoms with Crippen molar-refractivity contribution in [2.75, 3.05) is 38.8 Å². The molecule has 12 nitrogen and oxygen atoms in total. The summed E-state index contributed by atoms with van der Waals surface area (Å²) < 4.78 is 28.6. The fraction of sp³-hybridized carbons (Fsp3) is 0.353. The molecule has 2 N–H and O–H groups in total. The van der Waals surface area contributed by atoms with E-state index in [2.05, 4.69) is 14.9 Å². The van der Waals surface area contributed by atoms with Crippen LogP contribution in [0, 0.1) is 5.92 Å². The van der Waals surface area contributed by atoms with E-state index < -0.39 is 18.2 Å². The predicted octanol–water partition coefficient (Wildman–Crippen LogP) is 6.01. The number of carbonyl (C=O) groups excluding carboxylic acids is 2. The van der Waals surface area contributed by atoms with Gasteiger partial charge in [-0.2, -0.15) is 0 Å². The van der Waals surface area contributed by atoms with E-state index in [0.29, 0.717) is 44.3 Å². The number of aromatic nitrogens is 2. The van der Waals surface area contributed by atoms with E-state index in [0.717, 1.165) is 32.5 Å². The quantitative estimate of drug-likeness (QED) is 0.170. The van der Waals surface area contributed by atoms with Gasteiger partial charge in [-0.1, -0.05) is 47.5 Å². The van der Waals surface area contributed by atoms with Crippen LogP contribution in [0.5, 0.6) is 11.5 Å². The fourth-order valence-electron chi connectivity index (χ4n) is 6.05. The van der Waals surface area contributed by atoms with E-state index in [1.807, 2.05) is 18.2 Å². The molecule has 3 fully saturated rings. The van der Waals surface area contributed by atoms with E-state index in [1.165, 1.54) is 25.4 Å². The summed E-state index contributed by atoms with van der Waals surface area (Å²) in [6.45, 7) is 2.75. The number of hydrogen-bond acceptors (Lipinski definition) is 10. The van der Waals surface area contributed by atoms with Gasteiger partial charge < -0.3 is 28.8 Å². The first kappa shape index (κ1) is 35.0. The Morgan fingerprint density at radius 2 is 1.75 bits per heavy atom. The van der Waals surface area contributed by atoms with Crippen molar-refractivity contribution in [2.45, 2.75) is 38.0 Å². The third-order valence-corrected chi connectivity index (χ3v) is 9.28. The number of nitrogens with zero attached hydrogens (tertiary/aromatic N) is 3. The Labute approximate surface area is 287 Å². The Morgan fingerprint density at radius 3 is 2.40 bits per heavy atom. The number of piperidine rings is 3. The highest BCUT2D eigenvalue weighted by Crippen LogP contribution is 2.36. The van der Waals surface area contributed by atoms with Gasteiger partial charge in [-0.05, 0) is 61.7 Å². The fourth-order valence-corrected chi connectivity index (χ4v) is 6.58. The average molecular weight is 700 g/mol. The van der Waals surface area contributed by atoms with Crippen LogP contribution in [0.4, 0.5) is 10.5 Å². The topological polar surface area (TPSA) is 148 Å². The zero-order valence-electron chi connectivity index (χ0n) is 26.4. The monoisotopic (exact) mass is 698 g/mol. The summed E-state index contributed by atoms with van der Waals surface area (Å²) in [5, 5.41) is 0.766. The second-order valence-electron chi connectivity index (χ2n) is 11.5. The number of rotatable bonds is 11. The Bertz CT molecular complexity index is 1690. The molecular formula is C34H36Cl2N4O8. The molecule has 2 aromatic carbocycles. The van der Waals surface area contributed by atoms with Crippen LogP contribution >= 0.6 is 23.2 Å². The molecule has 7 rings (SSSR count). The standard InChI is InChI=1S/C34H34Cl2N4O7.H2O/c1-43-28-9-8-22(14-30(28)44-2)29(15-24-25(35)16-37-17-26(24)36)46-33(41)27-20-45-32(38-27)19-40(23-6-4-3-5-7-23)34(42)47-31-18-39-12-10-21(31)11-13-39;/h3-9,14,16-17,20-21,29,31H,10-13,15,18-19H2,1-2H3;1H2/t29-,31-;/m0./s1. The maximum Gasteiger partial charge on any atom is 0.415 e. The van der Waals surface area contributed by atoms with Crippen molar-refractivity contribution in [3.8, 4) is 11.5 Å². The highest BCUT2D eigenvalue weighted by molar-refractivity contribution is 6.35. The van der Waals surface area contributed by atoms with E-state index in [9.17, 15) is 9.59 Å². The molecule has 3 aliphatic heterocycles. The number of carbonyl (C=O) groups is 2. The average Bonchev–Trinajstić information content (AvgIpc) is 3.58. The van der Waals surface area contributed by atoms with Gasteiger partial charge in [0.1, 0.15) is 35.1 Å². The number of oxazole rings is 1. The van der Waals surface area contributed by atoms with Crippen LogP contribution in [0.3, 0.4) is 0 Å². The van der Waals surface area contributed by atoms with Crippen molar-refractivity contribution in [1.29, 1.82) is 0 Å². The van der Waals surface area contributed by atoms with Crippen LogP contribution in [0.2, 0.25) is 10.0 Å². The molecule has 2 atom stereocenters. The molecule has 4 aromatic rings. The molecule has 3 aliphatic rings. The van der Waals surface area contributed by atoms with Crippen LogP contribution in [-0.4, -0.2) is 67.4 Å². The number of para-hydroxylation sites is 1. The number of fused-ring (bicyclic) bond motifs is 3. The second-order valence-corrected chi connectivity index (χ2v) is 12.3. The number of hydrogen-bond donors (Lipinski definition) is 0. The molecule has 48 heavy (non-hydrogen) atoms. The molecule has 2 aromatic heterocycles. The number of halogens is 2. The number of anilines is 1. The first-order valence-corrected chi connectivity index (χ1v) is 16.0. The summed E-state index contributed by atoms with van der Waals surface area (Å²) in [4.78, 5) is 38.1. The van der Waals surface area contributed by atoms with Crippen molar-refractivity contribution in [3.05, 3.63) is 99.9 Å². The predicted molar refractivity (Wildman–Crippen MR) is 175 cm³/mol. The summed E-state index contributed by atoms with van der Waals surface area (Å²) in [5.74, 6) is 0.721. The summed E-state index contributed by atoms with van der Waals surface area (Å²) in [6, 6.07) is 14.4. The second kappa shape index (κ2) is 15.7. The lowest BCUT2D eigenvalue weighted by molar-refractivity contribution is -0.377. The molecular weight excluding hydrogens is 663 g/mol. The van der Waals surface area contributed by atoms with Crippen molar-refractivity contribution < 1.29 is 43.4 Å². The van der Waals surface area contributed by atoms with Crippen LogP contribution in [-0.2, 0) is 22.4 Å².